The van der Waals surface area contributed by atoms with E-state index in [9.17, 15) is 0 Å². The number of imidazole rings is 1. The molecule has 2 aliphatic rings. The Labute approximate surface area is 159 Å². The molecule has 0 aliphatic carbocycles. The molecule has 1 aromatic carbocycles. The molecular weight excluding hydrogens is 338 g/mol. The second-order valence-electron chi connectivity index (χ2n) is 7.97. The number of benzene rings is 1. The van der Waals surface area contributed by atoms with Gasteiger partial charge in [0.25, 0.3) is 0 Å². The van der Waals surface area contributed by atoms with Crippen molar-refractivity contribution in [2.24, 2.45) is 7.05 Å². The van der Waals surface area contributed by atoms with Crippen LogP contribution in [0.15, 0.2) is 42.9 Å². The van der Waals surface area contributed by atoms with Crippen LogP contribution in [-0.2, 0) is 31.5 Å². The molecule has 2 aromatic heterocycles. The lowest BCUT2D eigenvalue weighted by Crippen LogP contribution is -2.44. The highest BCUT2D eigenvalue weighted by Gasteiger charge is 2.43. The standard InChI is InChI=1S/C21H25N5O/c1-16-3-5-18(6-4-16)19-10-22-20-13-27-21(15-26(19)20)7-8-25(14-21)12-17-9-23-24(2)11-17/h3-6,9-11H,7-8,12-15H2,1-2H3/t21-/m0/s1. The Kier molecular flexibility index (Phi) is 3.91. The van der Waals surface area contributed by atoms with Crippen molar-refractivity contribution in [3.8, 4) is 11.3 Å². The van der Waals surface area contributed by atoms with Crippen molar-refractivity contribution in [1.82, 2.24) is 24.2 Å². The summed E-state index contributed by atoms with van der Waals surface area (Å²) in [6, 6.07) is 8.70. The predicted molar refractivity (Wildman–Crippen MR) is 103 cm³/mol. The Hall–Kier alpha value is -2.44. The van der Waals surface area contributed by atoms with Crippen molar-refractivity contribution in [2.45, 2.75) is 38.6 Å². The van der Waals surface area contributed by atoms with Crippen molar-refractivity contribution >= 4 is 0 Å². The molecule has 0 saturated carbocycles. The summed E-state index contributed by atoms with van der Waals surface area (Å²) in [5.41, 5.74) is 4.84. The number of aromatic nitrogens is 4. The molecule has 0 radical (unpaired) electrons. The summed E-state index contributed by atoms with van der Waals surface area (Å²) in [5.74, 6) is 1.03. The molecule has 140 valence electrons. The van der Waals surface area contributed by atoms with Crippen LogP contribution in [0.2, 0.25) is 0 Å². The van der Waals surface area contributed by atoms with Gasteiger partial charge in [-0.15, -0.1) is 0 Å². The fourth-order valence-corrected chi connectivity index (χ4v) is 4.33. The van der Waals surface area contributed by atoms with Gasteiger partial charge in [-0.3, -0.25) is 9.58 Å². The minimum Gasteiger partial charge on any atom is -0.364 e. The summed E-state index contributed by atoms with van der Waals surface area (Å²) in [7, 11) is 1.96. The lowest BCUT2D eigenvalue weighted by molar-refractivity contribution is -0.0821. The van der Waals surface area contributed by atoms with E-state index in [1.54, 1.807) is 0 Å². The van der Waals surface area contributed by atoms with Crippen LogP contribution in [0.5, 0.6) is 0 Å². The molecule has 27 heavy (non-hydrogen) atoms. The van der Waals surface area contributed by atoms with Gasteiger partial charge in [0, 0.05) is 38.4 Å². The van der Waals surface area contributed by atoms with Crippen molar-refractivity contribution in [3.63, 3.8) is 0 Å². The Morgan fingerprint density at radius 1 is 1.15 bits per heavy atom. The Morgan fingerprint density at radius 3 is 2.78 bits per heavy atom. The van der Waals surface area contributed by atoms with Crippen LogP contribution < -0.4 is 0 Å². The maximum Gasteiger partial charge on any atom is 0.135 e. The maximum absolute atomic E-state index is 6.35. The number of hydrogen-bond acceptors (Lipinski definition) is 4. The van der Waals surface area contributed by atoms with E-state index >= 15 is 0 Å². The van der Waals surface area contributed by atoms with Crippen molar-refractivity contribution in [2.75, 3.05) is 13.1 Å². The van der Waals surface area contributed by atoms with Crippen LogP contribution >= 0.6 is 0 Å². The van der Waals surface area contributed by atoms with E-state index in [-0.39, 0.29) is 5.60 Å². The number of ether oxygens (including phenoxy) is 1. The SMILES string of the molecule is Cc1ccc(-c2cnc3n2C[C@@]2(CCN(Cc4cnn(C)c4)C2)OC3)cc1. The second kappa shape index (κ2) is 6.32. The van der Waals surface area contributed by atoms with Gasteiger partial charge in [0.2, 0.25) is 0 Å². The molecule has 1 atom stereocenters. The average molecular weight is 363 g/mol. The summed E-state index contributed by atoms with van der Waals surface area (Å²) < 4.78 is 10.6. The summed E-state index contributed by atoms with van der Waals surface area (Å²) in [6.45, 7) is 6.52. The largest absolute Gasteiger partial charge is 0.364 e. The summed E-state index contributed by atoms with van der Waals surface area (Å²) in [6.07, 6.45) is 7.09. The molecule has 6 heteroatoms. The molecule has 0 bridgehead atoms. The monoisotopic (exact) mass is 363 g/mol. The molecule has 0 N–H and O–H groups in total. The molecule has 2 aliphatic heterocycles. The van der Waals surface area contributed by atoms with Gasteiger partial charge >= 0.3 is 0 Å². The van der Waals surface area contributed by atoms with Gasteiger partial charge in [-0.2, -0.15) is 5.10 Å². The van der Waals surface area contributed by atoms with Crippen LogP contribution in [0, 0.1) is 6.92 Å². The first kappa shape index (κ1) is 16.7. The minimum atomic E-state index is -0.116. The highest BCUT2D eigenvalue weighted by Crippen LogP contribution is 2.35. The topological polar surface area (TPSA) is 48.1 Å². The van der Waals surface area contributed by atoms with E-state index < -0.39 is 0 Å². The first-order chi connectivity index (χ1) is 13.1. The third-order valence-corrected chi connectivity index (χ3v) is 5.80. The van der Waals surface area contributed by atoms with E-state index in [4.69, 9.17) is 4.74 Å². The lowest BCUT2D eigenvalue weighted by Gasteiger charge is -2.35. The van der Waals surface area contributed by atoms with Crippen molar-refractivity contribution < 1.29 is 4.74 Å². The number of fused-ring (bicyclic) bond motifs is 1. The Bertz CT molecular complexity index is 957. The normalized spacial score (nSPS) is 22.4. The molecule has 0 unspecified atom stereocenters. The third-order valence-electron chi connectivity index (χ3n) is 5.80. The number of hydrogen-bond donors (Lipinski definition) is 0. The fraction of sp³-hybridized carbons (Fsp3) is 0.429. The van der Waals surface area contributed by atoms with Gasteiger partial charge in [-0.25, -0.2) is 4.98 Å². The molecular formula is C21H25N5O. The zero-order chi connectivity index (χ0) is 18.4. The molecule has 3 aromatic rings. The quantitative estimate of drug-likeness (QED) is 0.718. The van der Waals surface area contributed by atoms with E-state index in [2.05, 4.69) is 56.9 Å². The summed E-state index contributed by atoms with van der Waals surface area (Å²) >= 11 is 0. The first-order valence-corrected chi connectivity index (χ1v) is 9.56. The van der Waals surface area contributed by atoms with Gasteiger partial charge in [0.1, 0.15) is 18.0 Å². The number of likely N-dealkylation sites (tertiary alicyclic amines) is 1. The van der Waals surface area contributed by atoms with E-state index in [0.717, 1.165) is 38.4 Å². The maximum atomic E-state index is 6.35. The molecule has 6 nitrogen and oxygen atoms in total. The Morgan fingerprint density at radius 2 is 2.00 bits per heavy atom. The number of aryl methyl sites for hydroxylation is 2. The van der Waals surface area contributed by atoms with Gasteiger partial charge in [0.15, 0.2) is 0 Å². The average Bonchev–Trinajstić information content (AvgIpc) is 3.36. The highest BCUT2D eigenvalue weighted by molar-refractivity contribution is 5.60. The van der Waals surface area contributed by atoms with Crippen LogP contribution in [-0.4, -0.2) is 42.9 Å². The van der Waals surface area contributed by atoms with E-state index in [0.29, 0.717) is 6.61 Å². The Balaban J connectivity index is 1.36. The third kappa shape index (κ3) is 3.09. The second-order valence-corrected chi connectivity index (χ2v) is 7.97. The van der Waals surface area contributed by atoms with Gasteiger partial charge < -0.3 is 9.30 Å². The van der Waals surface area contributed by atoms with Gasteiger partial charge in [-0.1, -0.05) is 29.8 Å². The lowest BCUT2D eigenvalue weighted by atomic mass is 10.0. The summed E-state index contributed by atoms with van der Waals surface area (Å²) in [4.78, 5) is 7.09. The molecule has 1 saturated heterocycles. The minimum absolute atomic E-state index is 0.116. The molecule has 4 heterocycles. The van der Waals surface area contributed by atoms with Gasteiger partial charge in [0.05, 0.1) is 24.6 Å². The smallest absolute Gasteiger partial charge is 0.135 e. The van der Waals surface area contributed by atoms with Crippen molar-refractivity contribution in [3.05, 3.63) is 59.8 Å². The number of rotatable bonds is 3. The van der Waals surface area contributed by atoms with Crippen LogP contribution in [0.25, 0.3) is 11.3 Å². The molecule has 1 spiro atoms. The molecule has 1 fully saturated rings. The van der Waals surface area contributed by atoms with Crippen LogP contribution in [0.4, 0.5) is 0 Å². The highest BCUT2D eigenvalue weighted by atomic mass is 16.5. The molecule has 5 rings (SSSR count). The predicted octanol–water partition coefficient (Wildman–Crippen LogP) is 2.77. The van der Waals surface area contributed by atoms with Crippen LogP contribution in [0.3, 0.4) is 0 Å². The van der Waals surface area contributed by atoms with Crippen molar-refractivity contribution in [1.29, 1.82) is 0 Å². The zero-order valence-corrected chi connectivity index (χ0v) is 15.9. The fourth-order valence-electron chi connectivity index (χ4n) is 4.33. The van der Waals surface area contributed by atoms with E-state index in [1.165, 1.54) is 22.4 Å². The molecule has 0 amide bonds. The van der Waals surface area contributed by atoms with Crippen LogP contribution in [0.1, 0.15) is 23.4 Å². The first-order valence-electron chi connectivity index (χ1n) is 9.56. The number of nitrogens with zero attached hydrogens (tertiary/aromatic N) is 5. The zero-order valence-electron chi connectivity index (χ0n) is 15.9. The van der Waals surface area contributed by atoms with Gasteiger partial charge in [-0.05, 0) is 18.9 Å². The summed E-state index contributed by atoms with van der Waals surface area (Å²) in [5, 5.41) is 4.28. The van der Waals surface area contributed by atoms with E-state index in [1.807, 2.05) is 24.1 Å².